The van der Waals surface area contributed by atoms with Crippen LogP contribution in [0.25, 0.3) is 11.3 Å². The van der Waals surface area contributed by atoms with Gasteiger partial charge >= 0.3 is 0 Å². The SMILES string of the molecule is CC(C)COc1cc(F)cc(-c2ccc(C(=O)NS(=O)(=O)c3ccn[nH]3)c(N3CCCC4(COC4)C3)n2)c1.[HH].[HH]. The van der Waals surface area contributed by atoms with Gasteiger partial charge in [-0.05, 0) is 49.1 Å². The molecule has 3 aromatic rings. The molecule has 2 saturated heterocycles. The molecule has 0 atom stereocenters. The lowest BCUT2D eigenvalue weighted by atomic mass is 9.78. The van der Waals surface area contributed by atoms with Crippen LogP contribution < -0.4 is 14.4 Å². The third-order valence-corrected chi connectivity index (χ3v) is 7.90. The summed E-state index contributed by atoms with van der Waals surface area (Å²) in [6, 6.07) is 8.74. The standard InChI is InChI=1S/C26H30FN5O5S.2H2/c1-17(2)13-37-20-11-18(10-19(27)12-20)22-5-4-21(25(33)31-38(34,35)23-6-8-28-30-23)24(29-22)32-9-3-7-26(14-32)15-36-16-26;;/h4-6,8,10-12,17H,3,7,9,13-16H2,1-2H3,(H,28,30)(H,31,33);2*1H. The second-order valence-electron chi connectivity index (χ2n) is 10.3. The molecule has 0 unspecified atom stereocenters. The first-order valence-corrected chi connectivity index (χ1v) is 14.0. The number of rotatable bonds is 8. The van der Waals surface area contributed by atoms with Crippen molar-refractivity contribution in [2.45, 2.75) is 31.7 Å². The first-order valence-electron chi connectivity index (χ1n) is 12.5. The fraction of sp³-hybridized carbons (Fsp3) is 0.423. The summed E-state index contributed by atoms with van der Waals surface area (Å²) in [5, 5.41) is 5.77. The van der Waals surface area contributed by atoms with Gasteiger partial charge in [-0.1, -0.05) is 13.8 Å². The number of piperidine rings is 1. The normalized spacial score (nSPS) is 16.9. The molecule has 1 spiro atoms. The smallest absolute Gasteiger partial charge is 0.281 e. The van der Waals surface area contributed by atoms with Crippen molar-refractivity contribution in [3.05, 3.63) is 54.0 Å². The number of nitrogens with zero attached hydrogens (tertiary/aromatic N) is 3. The van der Waals surface area contributed by atoms with Crippen LogP contribution in [0.5, 0.6) is 5.75 Å². The highest BCUT2D eigenvalue weighted by Gasteiger charge is 2.43. The van der Waals surface area contributed by atoms with Crippen LogP contribution in [0.4, 0.5) is 10.2 Å². The number of H-pyrrole nitrogens is 1. The van der Waals surface area contributed by atoms with E-state index in [1.54, 1.807) is 12.1 Å². The van der Waals surface area contributed by atoms with Crippen LogP contribution in [0.2, 0.25) is 0 Å². The molecular formula is C26H34FN5O5S. The number of halogens is 1. The summed E-state index contributed by atoms with van der Waals surface area (Å²) < 4.78 is 53.2. The third-order valence-electron chi connectivity index (χ3n) is 6.64. The van der Waals surface area contributed by atoms with E-state index in [0.717, 1.165) is 12.8 Å². The van der Waals surface area contributed by atoms with Gasteiger partial charge in [0.15, 0.2) is 5.03 Å². The van der Waals surface area contributed by atoms with Gasteiger partial charge in [-0.25, -0.2) is 14.1 Å². The Hall–Kier alpha value is -3.51. The molecule has 10 nitrogen and oxygen atoms in total. The Labute approximate surface area is 223 Å². The van der Waals surface area contributed by atoms with Gasteiger partial charge in [0, 0.05) is 33.0 Å². The first kappa shape index (κ1) is 26.1. The van der Waals surface area contributed by atoms with Crippen LogP contribution in [0.1, 0.15) is 39.9 Å². The number of amides is 1. The number of carbonyl (C=O) groups excluding carboxylic acids is 1. The van der Waals surface area contributed by atoms with Crippen LogP contribution in [-0.4, -0.2) is 62.4 Å². The van der Waals surface area contributed by atoms with Gasteiger partial charge in [-0.3, -0.25) is 9.89 Å². The average Bonchev–Trinajstić information content (AvgIpc) is 3.42. The van der Waals surface area contributed by atoms with Crippen molar-refractivity contribution in [1.82, 2.24) is 19.9 Å². The predicted octanol–water partition coefficient (Wildman–Crippen LogP) is 3.87. The van der Waals surface area contributed by atoms with Crippen molar-refractivity contribution in [2.24, 2.45) is 11.3 Å². The van der Waals surface area contributed by atoms with E-state index in [1.165, 1.54) is 30.5 Å². The molecule has 206 valence electrons. The number of ether oxygens (including phenoxy) is 2. The average molecular weight is 548 g/mol. The molecule has 0 saturated carbocycles. The zero-order valence-electron chi connectivity index (χ0n) is 21.2. The highest BCUT2D eigenvalue weighted by Crippen LogP contribution is 2.39. The van der Waals surface area contributed by atoms with Crippen molar-refractivity contribution in [3.8, 4) is 17.0 Å². The number of carbonyl (C=O) groups is 1. The van der Waals surface area contributed by atoms with Crippen LogP contribution in [-0.2, 0) is 14.8 Å². The molecule has 5 rings (SSSR count). The maximum Gasteiger partial charge on any atom is 0.281 e. The van der Waals surface area contributed by atoms with E-state index in [4.69, 9.17) is 14.5 Å². The number of hydrogen-bond acceptors (Lipinski definition) is 8. The molecule has 0 aliphatic carbocycles. The maximum atomic E-state index is 14.5. The number of sulfonamides is 1. The monoisotopic (exact) mass is 547 g/mol. The van der Waals surface area contributed by atoms with Gasteiger partial charge in [0.2, 0.25) is 0 Å². The summed E-state index contributed by atoms with van der Waals surface area (Å²) in [4.78, 5) is 20.0. The van der Waals surface area contributed by atoms with Gasteiger partial charge in [0.25, 0.3) is 15.9 Å². The van der Waals surface area contributed by atoms with Crippen molar-refractivity contribution in [1.29, 1.82) is 0 Å². The van der Waals surface area contributed by atoms with Crippen molar-refractivity contribution in [3.63, 3.8) is 0 Å². The van der Waals surface area contributed by atoms with Crippen LogP contribution >= 0.6 is 0 Å². The lowest BCUT2D eigenvalue weighted by Gasteiger charge is -2.48. The van der Waals surface area contributed by atoms with E-state index in [1.807, 2.05) is 18.7 Å². The summed E-state index contributed by atoms with van der Waals surface area (Å²) in [7, 11) is -4.17. The quantitative estimate of drug-likeness (QED) is 0.435. The van der Waals surface area contributed by atoms with E-state index < -0.39 is 21.7 Å². The molecule has 1 aromatic carbocycles. The van der Waals surface area contributed by atoms with E-state index in [2.05, 4.69) is 14.9 Å². The Morgan fingerprint density at radius 2 is 2.11 bits per heavy atom. The van der Waals surface area contributed by atoms with Crippen LogP contribution in [0.15, 0.2) is 47.6 Å². The van der Waals surface area contributed by atoms with Crippen molar-refractivity contribution in [2.75, 3.05) is 37.8 Å². The number of nitrogens with one attached hydrogen (secondary N) is 2. The van der Waals surface area contributed by atoms with Crippen molar-refractivity contribution < 1.29 is 29.9 Å². The summed E-state index contributed by atoms with van der Waals surface area (Å²) in [6.45, 7) is 6.94. The molecule has 2 fully saturated rings. The molecule has 0 radical (unpaired) electrons. The highest BCUT2D eigenvalue weighted by molar-refractivity contribution is 7.90. The summed E-state index contributed by atoms with van der Waals surface area (Å²) in [5.74, 6) is -0.309. The number of hydrogen-bond donors (Lipinski definition) is 2. The number of pyridine rings is 1. The Morgan fingerprint density at radius 1 is 1.29 bits per heavy atom. The van der Waals surface area contributed by atoms with Gasteiger partial charge in [0.05, 0.1) is 37.3 Å². The number of anilines is 1. The second-order valence-corrected chi connectivity index (χ2v) is 12.0. The fourth-order valence-electron chi connectivity index (χ4n) is 4.72. The summed E-state index contributed by atoms with van der Waals surface area (Å²) >= 11 is 0. The molecule has 4 heterocycles. The first-order chi connectivity index (χ1) is 18.1. The molecule has 2 aromatic heterocycles. The second kappa shape index (κ2) is 10.3. The number of aromatic nitrogens is 3. The van der Waals surface area contributed by atoms with Crippen LogP contribution in [0.3, 0.4) is 0 Å². The molecule has 2 aliphatic rings. The van der Waals surface area contributed by atoms with Crippen LogP contribution in [0, 0.1) is 17.2 Å². The molecule has 0 bridgehead atoms. The van der Waals surface area contributed by atoms with Gasteiger partial charge in [-0.2, -0.15) is 13.5 Å². The fourth-order valence-corrected chi connectivity index (χ4v) is 5.60. The van der Waals surface area contributed by atoms with E-state index in [9.17, 15) is 17.6 Å². The van der Waals surface area contributed by atoms with Gasteiger partial charge < -0.3 is 14.4 Å². The topological polar surface area (TPSA) is 127 Å². The van der Waals surface area contributed by atoms with E-state index in [-0.39, 0.29) is 24.8 Å². The summed E-state index contributed by atoms with van der Waals surface area (Å²) in [6.07, 6.45) is 3.15. The Kier molecular flexibility index (Phi) is 7.10. The van der Waals surface area contributed by atoms with E-state index >= 15 is 0 Å². The number of benzene rings is 1. The minimum atomic E-state index is -4.17. The zero-order chi connectivity index (χ0) is 26.9. The van der Waals surface area contributed by atoms with Gasteiger partial charge in [0.1, 0.15) is 17.4 Å². The third kappa shape index (κ3) is 5.51. The molecule has 38 heavy (non-hydrogen) atoms. The van der Waals surface area contributed by atoms with Gasteiger partial charge in [-0.15, -0.1) is 0 Å². The Morgan fingerprint density at radius 3 is 2.79 bits per heavy atom. The maximum absolute atomic E-state index is 14.5. The lowest BCUT2D eigenvalue weighted by Crippen LogP contribution is -2.54. The molecular weight excluding hydrogens is 513 g/mol. The highest BCUT2D eigenvalue weighted by atomic mass is 32.2. The zero-order valence-corrected chi connectivity index (χ0v) is 22.1. The minimum absolute atomic E-state index is 0. The number of aromatic amines is 1. The summed E-state index contributed by atoms with van der Waals surface area (Å²) in [5.41, 5.74) is 0.997. The predicted molar refractivity (Wildman–Crippen MR) is 142 cm³/mol. The van der Waals surface area contributed by atoms with E-state index in [0.29, 0.717) is 55.7 Å². The molecule has 1 amide bonds. The largest absolute Gasteiger partial charge is 0.493 e. The Bertz CT molecular complexity index is 1440. The molecule has 2 N–H and O–H groups in total. The molecule has 12 heteroatoms. The molecule has 2 aliphatic heterocycles. The Balaban J connectivity index is 0.00000220. The minimum Gasteiger partial charge on any atom is -0.493 e. The van der Waals surface area contributed by atoms with Crippen molar-refractivity contribution >= 4 is 21.7 Å². The lowest BCUT2D eigenvalue weighted by molar-refractivity contribution is -0.117.